The predicted molar refractivity (Wildman–Crippen MR) is 100 cm³/mol. The molecule has 1 aliphatic heterocycles. The molecule has 1 atom stereocenters. The third kappa shape index (κ3) is 2.76. The van der Waals surface area contributed by atoms with Gasteiger partial charge in [-0.2, -0.15) is 0 Å². The molecule has 2 heterocycles. The van der Waals surface area contributed by atoms with Crippen LogP contribution in [0.25, 0.3) is 11.0 Å². The Labute approximate surface area is 152 Å². The molecule has 1 aliphatic carbocycles. The van der Waals surface area contributed by atoms with Crippen molar-refractivity contribution in [3.05, 3.63) is 59.4 Å². The lowest BCUT2D eigenvalue weighted by molar-refractivity contribution is 0.240. The van der Waals surface area contributed by atoms with Crippen LogP contribution in [-0.2, 0) is 6.42 Å². The molecule has 5 rings (SSSR count). The average Bonchev–Trinajstić information content (AvgIpc) is 3.27. The summed E-state index contributed by atoms with van der Waals surface area (Å²) in [5.41, 5.74) is 3.59. The lowest BCUT2D eigenvalue weighted by Gasteiger charge is -2.36. The number of halogens is 1. The highest BCUT2D eigenvalue weighted by Gasteiger charge is 2.27. The van der Waals surface area contributed by atoms with E-state index in [0.717, 1.165) is 43.9 Å². The largest absolute Gasteiger partial charge is 0.354 e. The second-order valence-corrected chi connectivity index (χ2v) is 7.37. The van der Waals surface area contributed by atoms with Gasteiger partial charge >= 0.3 is 0 Å². The molecule has 2 aromatic carbocycles. The standard InChI is InChI=1S/C21H22FN3O/c22-17-7-8-19-20(13-17)26-23-21(19)25-11-9-24(10-12-25)14-16-6-5-15-3-1-2-4-18(15)16/h1-4,7-8,13,16H,5-6,9-12,14H2/t16-/m0/s1. The molecule has 0 unspecified atom stereocenters. The van der Waals surface area contributed by atoms with Gasteiger partial charge in [-0.25, -0.2) is 4.39 Å². The molecule has 4 nitrogen and oxygen atoms in total. The normalized spacial score (nSPS) is 20.7. The van der Waals surface area contributed by atoms with E-state index in [2.05, 4.69) is 39.2 Å². The minimum absolute atomic E-state index is 0.290. The molecule has 5 heteroatoms. The Morgan fingerprint density at radius 2 is 1.92 bits per heavy atom. The van der Waals surface area contributed by atoms with Gasteiger partial charge in [-0.3, -0.25) is 4.90 Å². The topological polar surface area (TPSA) is 32.5 Å². The highest BCUT2D eigenvalue weighted by Crippen LogP contribution is 2.34. The molecule has 2 aliphatic rings. The third-order valence-corrected chi connectivity index (χ3v) is 5.82. The average molecular weight is 351 g/mol. The van der Waals surface area contributed by atoms with E-state index in [1.165, 1.54) is 30.5 Å². The van der Waals surface area contributed by atoms with Gasteiger partial charge in [0, 0.05) is 38.8 Å². The van der Waals surface area contributed by atoms with Crippen LogP contribution in [0.1, 0.15) is 23.5 Å². The van der Waals surface area contributed by atoms with Crippen LogP contribution in [0.3, 0.4) is 0 Å². The van der Waals surface area contributed by atoms with Gasteiger partial charge in [0.25, 0.3) is 0 Å². The molecule has 1 saturated heterocycles. The van der Waals surface area contributed by atoms with Gasteiger partial charge in [-0.05, 0) is 42.0 Å². The van der Waals surface area contributed by atoms with E-state index in [4.69, 9.17) is 4.52 Å². The quantitative estimate of drug-likeness (QED) is 0.718. The monoisotopic (exact) mass is 351 g/mol. The van der Waals surface area contributed by atoms with Gasteiger partial charge in [-0.1, -0.05) is 29.4 Å². The van der Waals surface area contributed by atoms with Crippen LogP contribution >= 0.6 is 0 Å². The van der Waals surface area contributed by atoms with E-state index in [0.29, 0.717) is 11.5 Å². The number of nitrogens with zero attached hydrogens (tertiary/aromatic N) is 3. The summed E-state index contributed by atoms with van der Waals surface area (Å²) < 4.78 is 18.6. The van der Waals surface area contributed by atoms with E-state index in [-0.39, 0.29) is 5.82 Å². The molecular formula is C21H22FN3O. The number of hydrogen-bond donors (Lipinski definition) is 0. The summed E-state index contributed by atoms with van der Waals surface area (Å²) in [6.07, 6.45) is 2.47. The zero-order chi connectivity index (χ0) is 17.5. The predicted octanol–water partition coefficient (Wildman–Crippen LogP) is 3.82. The van der Waals surface area contributed by atoms with Crippen molar-refractivity contribution in [1.29, 1.82) is 0 Å². The fourth-order valence-electron chi connectivity index (χ4n) is 4.42. The van der Waals surface area contributed by atoms with Gasteiger partial charge < -0.3 is 9.42 Å². The molecule has 1 aromatic heterocycles. The highest BCUT2D eigenvalue weighted by atomic mass is 19.1. The zero-order valence-electron chi connectivity index (χ0n) is 14.7. The second kappa shape index (κ2) is 6.40. The molecule has 134 valence electrons. The second-order valence-electron chi connectivity index (χ2n) is 7.37. The van der Waals surface area contributed by atoms with Crippen molar-refractivity contribution < 1.29 is 8.91 Å². The summed E-state index contributed by atoms with van der Waals surface area (Å²) in [5.74, 6) is 1.21. The molecule has 1 fully saturated rings. The lowest BCUT2D eigenvalue weighted by atomic mass is 10.0. The first-order valence-corrected chi connectivity index (χ1v) is 9.38. The van der Waals surface area contributed by atoms with Crippen LogP contribution in [-0.4, -0.2) is 42.8 Å². The van der Waals surface area contributed by atoms with Gasteiger partial charge in [0.2, 0.25) is 0 Å². The van der Waals surface area contributed by atoms with Crippen LogP contribution in [0.5, 0.6) is 0 Å². The summed E-state index contributed by atoms with van der Waals surface area (Å²) >= 11 is 0. The minimum atomic E-state index is -0.290. The number of fused-ring (bicyclic) bond motifs is 2. The van der Waals surface area contributed by atoms with Gasteiger partial charge in [0.05, 0.1) is 5.39 Å². The van der Waals surface area contributed by atoms with Crippen molar-refractivity contribution in [2.24, 2.45) is 0 Å². The van der Waals surface area contributed by atoms with Crippen LogP contribution in [0, 0.1) is 5.82 Å². The van der Waals surface area contributed by atoms with Crippen LogP contribution < -0.4 is 4.90 Å². The Balaban J connectivity index is 1.25. The van der Waals surface area contributed by atoms with Gasteiger partial charge in [-0.15, -0.1) is 0 Å². The van der Waals surface area contributed by atoms with E-state index in [9.17, 15) is 4.39 Å². The van der Waals surface area contributed by atoms with Crippen molar-refractivity contribution in [2.75, 3.05) is 37.6 Å². The molecule has 3 aromatic rings. The highest BCUT2D eigenvalue weighted by molar-refractivity contribution is 5.88. The molecule has 0 bridgehead atoms. The van der Waals surface area contributed by atoms with Crippen molar-refractivity contribution in [3.63, 3.8) is 0 Å². The number of rotatable bonds is 3. The Kier molecular flexibility index (Phi) is 3.89. The van der Waals surface area contributed by atoms with Crippen LogP contribution in [0.2, 0.25) is 0 Å². The molecule has 0 saturated carbocycles. The molecule has 0 radical (unpaired) electrons. The SMILES string of the molecule is Fc1ccc2c(N3CCN(C[C@@H]4CCc5ccccc54)CC3)noc2c1. The first-order chi connectivity index (χ1) is 12.8. The number of hydrogen-bond acceptors (Lipinski definition) is 4. The Hall–Kier alpha value is -2.40. The number of aryl methyl sites for hydroxylation is 1. The number of benzene rings is 2. The summed E-state index contributed by atoms with van der Waals surface area (Å²) in [5, 5.41) is 5.08. The molecule has 0 amide bonds. The zero-order valence-corrected chi connectivity index (χ0v) is 14.7. The van der Waals surface area contributed by atoms with E-state index < -0.39 is 0 Å². The maximum atomic E-state index is 13.3. The van der Waals surface area contributed by atoms with Crippen molar-refractivity contribution in [1.82, 2.24) is 10.1 Å². The number of anilines is 1. The van der Waals surface area contributed by atoms with Crippen molar-refractivity contribution in [2.45, 2.75) is 18.8 Å². The Bertz CT molecular complexity index is 930. The fraction of sp³-hybridized carbons (Fsp3) is 0.381. The molecule has 0 N–H and O–H groups in total. The Morgan fingerprint density at radius 1 is 1.08 bits per heavy atom. The lowest BCUT2D eigenvalue weighted by Crippen LogP contribution is -2.47. The fourth-order valence-corrected chi connectivity index (χ4v) is 4.42. The Morgan fingerprint density at radius 3 is 2.81 bits per heavy atom. The minimum Gasteiger partial charge on any atom is -0.354 e. The third-order valence-electron chi connectivity index (χ3n) is 5.82. The van der Waals surface area contributed by atoms with Crippen LogP contribution in [0.15, 0.2) is 47.0 Å². The first-order valence-electron chi connectivity index (χ1n) is 9.38. The maximum Gasteiger partial charge on any atom is 0.180 e. The maximum absolute atomic E-state index is 13.3. The summed E-state index contributed by atoms with van der Waals surface area (Å²) in [4.78, 5) is 4.81. The van der Waals surface area contributed by atoms with E-state index >= 15 is 0 Å². The van der Waals surface area contributed by atoms with Gasteiger partial charge in [0.1, 0.15) is 5.82 Å². The summed E-state index contributed by atoms with van der Waals surface area (Å²) in [7, 11) is 0. The smallest absolute Gasteiger partial charge is 0.180 e. The van der Waals surface area contributed by atoms with Crippen LogP contribution in [0.4, 0.5) is 10.2 Å². The molecule has 0 spiro atoms. The molecule has 26 heavy (non-hydrogen) atoms. The van der Waals surface area contributed by atoms with E-state index in [1.807, 2.05) is 0 Å². The number of piperazine rings is 1. The first kappa shape index (κ1) is 15.8. The molecular weight excluding hydrogens is 329 g/mol. The van der Waals surface area contributed by atoms with Crippen molar-refractivity contribution in [3.8, 4) is 0 Å². The van der Waals surface area contributed by atoms with E-state index in [1.54, 1.807) is 11.6 Å². The van der Waals surface area contributed by atoms with Gasteiger partial charge in [0.15, 0.2) is 11.4 Å². The summed E-state index contributed by atoms with van der Waals surface area (Å²) in [6.45, 7) is 5.03. The number of aromatic nitrogens is 1. The van der Waals surface area contributed by atoms with Crippen molar-refractivity contribution >= 4 is 16.8 Å². The summed E-state index contributed by atoms with van der Waals surface area (Å²) in [6, 6.07) is 13.5.